The normalized spacial score (nSPS) is 15.3. The van der Waals surface area contributed by atoms with E-state index in [0.717, 1.165) is 6.42 Å². The highest BCUT2D eigenvalue weighted by Crippen LogP contribution is 1.93. The molecule has 0 rings (SSSR count). The first-order chi connectivity index (χ1) is 3.27. The standard InChI is InChI=1S/C6H12S/c1-3-4-5-6(2)7/h4-7H,3H2,1-2H3/b5-4+. The maximum Gasteiger partial charge on any atom is 0.0168 e. The van der Waals surface area contributed by atoms with Crippen LogP contribution in [0.25, 0.3) is 0 Å². The third kappa shape index (κ3) is 6.09. The summed E-state index contributed by atoms with van der Waals surface area (Å²) in [4.78, 5) is 0. The predicted octanol–water partition coefficient (Wildman–Crippen LogP) is 2.27. The summed E-state index contributed by atoms with van der Waals surface area (Å²) >= 11 is 4.15. The van der Waals surface area contributed by atoms with Crippen molar-refractivity contribution in [2.75, 3.05) is 0 Å². The van der Waals surface area contributed by atoms with Crippen molar-refractivity contribution < 1.29 is 0 Å². The van der Waals surface area contributed by atoms with E-state index in [9.17, 15) is 0 Å². The van der Waals surface area contributed by atoms with Gasteiger partial charge in [0.25, 0.3) is 0 Å². The van der Waals surface area contributed by atoms with Crippen molar-refractivity contribution >= 4 is 12.6 Å². The van der Waals surface area contributed by atoms with Gasteiger partial charge < -0.3 is 0 Å². The number of thiol groups is 1. The van der Waals surface area contributed by atoms with Crippen LogP contribution in [0.3, 0.4) is 0 Å². The second-order valence-electron chi connectivity index (χ2n) is 1.58. The van der Waals surface area contributed by atoms with Gasteiger partial charge in [0.15, 0.2) is 0 Å². The minimum Gasteiger partial charge on any atom is -0.172 e. The van der Waals surface area contributed by atoms with E-state index < -0.39 is 0 Å². The Labute approximate surface area is 51.0 Å². The molecule has 0 heterocycles. The summed E-state index contributed by atoms with van der Waals surface area (Å²) in [6, 6.07) is 0. The Kier molecular flexibility index (Phi) is 4.31. The van der Waals surface area contributed by atoms with Crippen molar-refractivity contribution in [3.05, 3.63) is 12.2 Å². The van der Waals surface area contributed by atoms with E-state index in [0.29, 0.717) is 5.25 Å². The van der Waals surface area contributed by atoms with Crippen LogP contribution in [0, 0.1) is 0 Å². The molecule has 7 heavy (non-hydrogen) atoms. The van der Waals surface area contributed by atoms with Gasteiger partial charge in [0.1, 0.15) is 0 Å². The minimum atomic E-state index is 0.417. The monoisotopic (exact) mass is 116 g/mol. The van der Waals surface area contributed by atoms with E-state index in [1.54, 1.807) is 0 Å². The van der Waals surface area contributed by atoms with Crippen molar-refractivity contribution in [2.24, 2.45) is 0 Å². The molecule has 0 aliphatic heterocycles. The van der Waals surface area contributed by atoms with Crippen LogP contribution in [-0.2, 0) is 0 Å². The lowest BCUT2D eigenvalue weighted by atomic mass is 10.3. The molecule has 0 spiro atoms. The zero-order valence-corrected chi connectivity index (χ0v) is 5.78. The van der Waals surface area contributed by atoms with Gasteiger partial charge in [-0.2, -0.15) is 12.6 Å². The van der Waals surface area contributed by atoms with Gasteiger partial charge in [-0.15, -0.1) is 0 Å². The molecule has 1 unspecified atom stereocenters. The molecule has 42 valence electrons. The Balaban J connectivity index is 3.08. The van der Waals surface area contributed by atoms with Gasteiger partial charge in [-0.3, -0.25) is 0 Å². The molecule has 0 aromatic carbocycles. The summed E-state index contributed by atoms with van der Waals surface area (Å²) in [5.74, 6) is 0. The van der Waals surface area contributed by atoms with Gasteiger partial charge >= 0.3 is 0 Å². The highest BCUT2D eigenvalue weighted by atomic mass is 32.1. The van der Waals surface area contributed by atoms with E-state index in [1.807, 2.05) is 0 Å². The third-order valence-electron chi connectivity index (χ3n) is 0.650. The molecule has 0 saturated carbocycles. The number of rotatable bonds is 2. The van der Waals surface area contributed by atoms with Crippen molar-refractivity contribution in [1.29, 1.82) is 0 Å². The average molecular weight is 116 g/mol. The lowest BCUT2D eigenvalue weighted by Gasteiger charge is -1.88. The number of hydrogen-bond acceptors (Lipinski definition) is 1. The summed E-state index contributed by atoms with van der Waals surface area (Å²) in [6.45, 7) is 4.17. The predicted molar refractivity (Wildman–Crippen MR) is 37.9 cm³/mol. The molecule has 0 aliphatic rings. The van der Waals surface area contributed by atoms with Crippen LogP contribution in [0.1, 0.15) is 20.3 Å². The Morgan fingerprint density at radius 3 is 2.43 bits per heavy atom. The molecule has 1 heteroatoms. The summed E-state index contributed by atoms with van der Waals surface area (Å²) in [5, 5.41) is 0.417. The van der Waals surface area contributed by atoms with Crippen LogP contribution in [0.2, 0.25) is 0 Å². The van der Waals surface area contributed by atoms with E-state index in [-0.39, 0.29) is 0 Å². The zero-order valence-electron chi connectivity index (χ0n) is 4.89. The van der Waals surface area contributed by atoms with Crippen LogP contribution < -0.4 is 0 Å². The highest BCUT2D eigenvalue weighted by Gasteiger charge is 1.79. The largest absolute Gasteiger partial charge is 0.172 e. The van der Waals surface area contributed by atoms with Gasteiger partial charge in [0.05, 0.1) is 0 Å². The van der Waals surface area contributed by atoms with Crippen LogP contribution in [0.4, 0.5) is 0 Å². The first kappa shape index (κ1) is 7.09. The molecule has 0 radical (unpaired) electrons. The molecular formula is C6H12S. The van der Waals surface area contributed by atoms with Crippen LogP contribution in [0.15, 0.2) is 12.2 Å². The fraction of sp³-hybridized carbons (Fsp3) is 0.667. The summed E-state index contributed by atoms with van der Waals surface area (Å²) < 4.78 is 0. The molecule has 0 fully saturated rings. The topological polar surface area (TPSA) is 0 Å². The van der Waals surface area contributed by atoms with Gasteiger partial charge in [-0.25, -0.2) is 0 Å². The molecule has 0 amide bonds. The zero-order chi connectivity index (χ0) is 5.70. The fourth-order valence-electron chi connectivity index (χ4n) is 0.333. The second kappa shape index (κ2) is 4.25. The SMILES string of the molecule is CC/C=C/C(C)S. The van der Waals surface area contributed by atoms with Crippen LogP contribution in [0.5, 0.6) is 0 Å². The maximum absolute atomic E-state index is 4.15. The summed E-state index contributed by atoms with van der Waals surface area (Å²) in [5.41, 5.74) is 0. The van der Waals surface area contributed by atoms with Crippen molar-refractivity contribution in [3.63, 3.8) is 0 Å². The van der Waals surface area contributed by atoms with Crippen LogP contribution >= 0.6 is 12.6 Å². The molecular weight excluding hydrogens is 104 g/mol. The Hall–Kier alpha value is 0.0900. The molecule has 0 aliphatic carbocycles. The van der Waals surface area contributed by atoms with Crippen molar-refractivity contribution in [1.82, 2.24) is 0 Å². The molecule has 1 atom stereocenters. The lowest BCUT2D eigenvalue weighted by molar-refractivity contribution is 1.17. The molecule has 0 saturated heterocycles. The smallest absolute Gasteiger partial charge is 0.0168 e. The number of hydrogen-bond donors (Lipinski definition) is 1. The first-order valence-electron chi connectivity index (χ1n) is 2.62. The summed E-state index contributed by atoms with van der Waals surface area (Å²) in [7, 11) is 0. The quantitative estimate of drug-likeness (QED) is 0.415. The van der Waals surface area contributed by atoms with E-state index in [4.69, 9.17) is 0 Å². The Morgan fingerprint density at radius 1 is 1.71 bits per heavy atom. The van der Waals surface area contributed by atoms with Gasteiger partial charge in [0, 0.05) is 5.25 Å². The minimum absolute atomic E-state index is 0.417. The summed E-state index contributed by atoms with van der Waals surface area (Å²) in [6.07, 6.45) is 5.33. The third-order valence-corrected chi connectivity index (χ3v) is 0.822. The average Bonchev–Trinajstić information content (AvgIpc) is 1.61. The van der Waals surface area contributed by atoms with Gasteiger partial charge in [-0.05, 0) is 6.42 Å². The van der Waals surface area contributed by atoms with Gasteiger partial charge in [-0.1, -0.05) is 26.0 Å². The first-order valence-corrected chi connectivity index (χ1v) is 3.13. The molecule has 0 nitrogen and oxygen atoms in total. The van der Waals surface area contributed by atoms with E-state index >= 15 is 0 Å². The molecule has 0 aromatic rings. The van der Waals surface area contributed by atoms with E-state index in [2.05, 4.69) is 38.6 Å². The molecule has 0 bridgehead atoms. The second-order valence-corrected chi connectivity index (χ2v) is 2.39. The molecule has 0 N–H and O–H groups in total. The maximum atomic E-state index is 4.15. The number of allylic oxidation sites excluding steroid dienone is 1. The van der Waals surface area contributed by atoms with E-state index in [1.165, 1.54) is 0 Å². The Bertz CT molecular complexity index is 55.2. The Morgan fingerprint density at radius 2 is 2.29 bits per heavy atom. The highest BCUT2D eigenvalue weighted by molar-refractivity contribution is 7.81. The van der Waals surface area contributed by atoms with Crippen LogP contribution in [-0.4, -0.2) is 5.25 Å². The van der Waals surface area contributed by atoms with Crippen molar-refractivity contribution in [3.8, 4) is 0 Å². The van der Waals surface area contributed by atoms with Gasteiger partial charge in [0.2, 0.25) is 0 Å². The fourth-order valence-corrected chi connectivity index (χ4v) is 0.455. The van der Waals surface area contributed by atoms with Crippen molar-refractivity contribution in [2.45, 2.75) is 25.5 Å². The lowest BCUT2D eigenvalue weighted by Crippen LogP contribution is -1.78. The molecule has 0 aromatic heterocycles.